The summed E-state index contributed by atoms with van der Waals surface area (Å²) in [6.07, 6.45) is 0. The van der Waals surface area contributed by atoms with E-state index in [9.17, 15) is 0 Å². The van der Waals surface area contributed by atoms with Crippen molar-refractivity contribution in [2.45, 2.75) is 0 Å². The van der Waals surface area contributed by atoms with Gasteiger partial charge in [0.25, 0.3) is 0 Å². The molecule has 0 N–H and O–H groups in total. The molecule has 0 aromatic heterocycles. The van der Waals surface area contributed by atoms with Gasteiger partial charge in [0, 0.05) is 5.02 Å². The topological polar surface area (TPSA) is 28.1 Å². The second kappa shape index (κ2) is 3.00. The Morgan fingerprint density at radius 2 is 2.20 bits per heavy atom. The SMILES string of the molecule is N#[N+]c1cc(Cl)ccc1Br. The highest BCUT2D eigenvalue weighted by Crippen LogP contribution is 2.27. The van der Waals surface area contributed by atoms with E-state index in [0.29, 0.717) is 10.7 Å². The Morgan fingerprint density at radius 3 is 2.70 bits per heavy atom. The van der Waals surface area contributed by atoms with E-state index in [1.54, 1.807) is 18.2 Å². The monoisotopic (exact) mass is 217 g/mol. The van der Waals surface area contributed by atoms with Crippen LogP contribution in [0.1, 0.15) is 0 Å². The third kappa shape index (κ3) is 1.47. The first-order valence-electron chi connectivity index (χ1n) is 2.54. The molecule has 0 unspecified atom stereocenters. The van der Waals surface area contributed by atoms with Gasteiger partial charge in [0.2, 0.25) is 5.39 Å². The molecule has 50 valence electrons. The van der Waals surface area contributed by atoms with E-state index < -0.39 is 0 Å². The maximum absolute atomic E-state index is 8.38. The van der Waals surface area contributed by atoms with Crippen molar-refractivity contribution < 1.29 is 0 Å². The van der Waals surface area contributed by atoms with Crippen LogP contribution in [0.4, 0.5) is 5.69 Å². The van der Waals surface area contributed by atoms with Gasteiger partial charge in [-0.15, -0.1) is 0 Å². The van der Waals surface area contributed by atoms with Crippen molar-refractivity contribution in [1.29, 1.82) is 5.39 Å². The van der Waals surface area contributed by atoms with Crippen molar-refractivity contribution in [3.63, 3.8) is 0 Å². The average molecular weight is 218 g/mol. The quantitative estimate of drug-likeness (QED) is 0.612. The first-order valence-corrected chi connectivity index (χ1v) is 3.71. The molecule has 1 rings (SSSR count). The largest absolute Gasteiger partial charge is 0.400 e. The first-order chi connectivity index (χ1) is 4.74. The highest BCUT2D eigenvalue weighted by atomic mass is 79.9. The number of hydrogen-bond donors (Lipinski definition) is 0. The Balaban J connectivity index is 3.25. The fourth-order valence-electron chi connectivity index (χ4n) is 0.562. The molecule has 4 heteroatoms. The van der Waals surface area contributed by atoms with Crippen LogP contribution in [0, 0.1) is 5.39 Å². The van der Waals surface area contributed by atoms with Crippen molar-refractivity contribution in [2.24, 2.45) is 0 Å². The number of rotatable bonds is 0. The molecule has 0 amide bonds. The van der Waals surface area contributed by atoms with Gasteiger partial charge >= 0.3 is 5.69 Å². The summed E-state index contributed by atoms with van der Waals surface area (Å²) in [5.74, 6) is 0. The van der Waals surface area contributed by atoms with Crippen LogP contribution in [-0.4, -0.2) is 0 Å². The highest BCUT2D eigenvalue weighted by Gasteiger charge is 2.10. The second-order valence-corrected chi connectivity index (χ2v) is 2.99. The number of diazo groups is 1. The molecule has 0 atom stereocenters. The zero-order valence-electron chi connectivity index (χ0n) is 4.88. The highest BCUT2D eigenvalue weighted by molar-refractivity contribution is 9.10. The third-order valence-electron chi connectivity index (χ3n) is 1.02. The molecule has 0 saturated carbocycles. The molecule has 10 heavy (non-hydrogen) atoms. The summed E-state index contributed by atoms with van der Waals surface area (Å²) >= 11 is 8.78. The molecule has 0 heterocycles. The molecule has 0 radical (unpaired) electrons. The van der Waals surface area contributed by atoms with Gasteiger partial charge < -0.3 is 0 Å². The minimum atomic E-state index is 0.438. The van der Waals surface area contributed by atoms with Gasteiger partial charge in [-0.3, -0.25) is 0 Å². The lowest BCUT2D eigenvalue weighted by Crippen LogP contribution is -1.65. The molecule has 1 aromatic rings. The lowest BCUT2D eigenvalue weighted by Gasteiger charge is -1.84. The van der Waals surface area contributed by atoms with Gasteiger partial charge in [-0.25, -0.2) is 0 Å². The van der Waals surface area contributed by atoms with Crippen LogP contribution in [0.25, 0.3) is 4.98 Å². The lowest BCUT2D eigenvalue weighted by atomic mass is 10.3. The molecular formula is C6H3BrClN2+. The molecule has 0 saturated heterocycles. The van der Waals surface area contributed by atoms with Gasteiger partial charge in [-0.05, 0) is 28.1 Å². The molecule has 0 aliphatic rings. The maximum Gasteiger partial charge on any atom is 0.400 e. The van der Waals surface area contributed by atoms with Crippen LogP contribution in [0.2, 0.25) is 5.02 Å². The molecule has 0 bridgehead atoms. The molecule has 2 nitrogen and oxygen atoms in total. The normalized spacial score (nSPS) is 8.90. The predicted octanol–water partition coefficient (Wildman–Crippen LogP) is 3.59. The van der Waals surface area contributed by atoms with E-state index in [1.165, 1.54) is 0 Å². The van der Waals surface area contributed by atoms with Gasteiger partial charge in [0.1, 0.15) is 4.47 Å². The van der Waals surface area contributed by atoms with Crippen LogP contribution in [-0.2, 0) is 0 Å². The van der Waals surface area contributed by atoms with Crippen LogP contribution >= 0.6 is 27.5 Å². The Kier molecular flexibility index (Phi) is 2.25. The van der Waals surface area contributed by atoms with Crippen LogP contribution in [0.5, 0.6) is 0 Å². The Hall–Kier alpha value is -0.590. The summed E-state index contributed by atoms with van der Waals surface area (Å²) < 4.78 is 0.722. The van der Waals surface area contributed by atoms with Gasteiger partial charge in [0.05, 0.1) is 6.07 Å². The first kappa shape index (κ1) is 7.52. The molecular weight excluding hydrogens is 215 g/mol. The fraction of sp³-hybridized carbons (Fsp3) is 0. The van der Waals surface area contributed by atoms with E-state index in [0.717, 1.165) is 4.47 Å². The van der Waals surface area contributed by atoms with E-state index in [-0.39, 0.29) is 0 Å². The smallest absolute Gasteiger partial charge is 0.0840 e. The van der Waals surface area contributed by atoms with Crippen molar-refractivity contribution in [3.05, 3.63) is 32.7 Å². The summed E-state index contributed by atoms with van der Waals surface area (Å²) in [6, 6.07) is 4.99. The van der Waals surface area contributed by atoms with Crippen molar-refractivity contribution in [1.82, 2.24) is 0 Å². The summed E-state index contributed by atoms with van der Waals surface area (Å²) in [6.45, 7) is 0. The van der Waals surface area contributed by atoms with E-state index in [2.05, 4.69) is 20.9 Å². The molecule has 0 aliphatic heterocycles. The van der Waals surface area contributed by atoms with E-state index in [4.69, 9.17) is 17.0 Å². The number of nitrogens with zero attached hydrogens (tertiary/aromatic N) is 2. The minimum absolute atomic E-state index is 0.438. The van der Waals surface area contributed by atoms with Crippen LogP contribution in [0.3, 0.4) is 0 Å². The third-order valence-corrected chi connectivity index (χ3v) is 1.92. The summed E-state index contributed by atoms with van der Waals surface area (Å²) in [4.78, 5) is 3.00. The summed E-state index contributed by atoms with van der Waals surface area (Å²) in [7, 11) is 0. The van der Waals surface area contributed by atoms with Gasteiger partial charge in [-0.1, -0.05) is 11.6 Å². The standard InChI is InChI=1S/C6H3BrClN2/c7-5-2-1-4(8)3-6(5)10-9/h1-3H/q+1. The predicted molar refractivity (Wildman–Crippen MR) is 43.9 cm³/mol. The van der Waals surface area contributed by atoms with Crippen molar-refractivity contribution in [3.8, 4) is 0 Å². The summed E-state index contributed by atoms with van der Waals surface area (Å²) in [5.41, 5.74) is 0.438. The Morgan fingerprint density at radius 1 is 1.50 bits per heavy atom. The fourth-order valence-corrected chi connectivity index (χ4v) is 1.05. The molecule has 0 aliphatic carbocycles. The molecule has 0 spiro atoms. The summed E-state index contributed by atoms with van der Waals surface area (Å²) in [5, 5.41) is 8.93. The maximum atomic E-state index is 8.38. The Bertz CT molecular complexity index is 292. The zero-order valence-corrected chi connectivity index (χ0v) is 7.22. The second-order valence-electron chi connectivity index (χ2n) is 1.70. The number of halogens is 2. The average Bonchev–Trinajstić information content (AvgIpc) is 1.94. The zero-order chi connectivity index (χ0) is 7.56. The number of hydrogen-bond acceptors (Lipinski definition) is 1. The van der Waals surface area contributed by atoms with E-state index >= 15 is 0 Å². The lowest BCUT2D eigenvalue weighted by molar-refractivity contribution is 1.45. The number of benzene rings is 1. The van der Waals surface area contributed by atoms with E-state index in [1.807, 2.05) is 0 Å². The minimum Gasteiger partial charge on any atom is -0.0840 e. The van der Waals surface area contributed by atoms with Crippen LogP contribution in [0.15, 0.2) is 22.7 Å². The Labute approximate surface area is 71.6 Å². The van der Waals surface area contributed by atoms with Crippen LogP contribution < -0.4 is 0 Å². The molecule has 0 fully saturated rings. The molecule has 1 aromatic carbocycles. The van der Waals surface area contributed by atoms with Crippen molar-refractivity contribution >= 4 is 33.2 Å². The van der Waals surface area contributed by atoms with Crippen molar-refractivity contribution in [2.75, 3.05) is 0 Å². The van der Waals surface area contributed by atoms with Gasteiger partial charge in [0.15, 0.2) is 4.98 Å². The van der Waals surface area contributed by atoms with Gasteiger partial charge in [-0.2, -0.15) is 0 Å².